The van der Waals surface area contributed by atoms with E-state index in [0.717, 1.165) is 5.56 Å². The molecule has 5 rings (SSSR count). The number of hydrogen-bond donors (Lipinski definition) is 1. The van der Waals surface area contributed by atoms with Crippen LogP contribution in [0.1, 0.15) is 19.8 Å². The van der Waals surface area contributed by atoms with E-state index in [-0.39, 0.29) is 11.9 Å². The SMILES string of the molecule is CCOC(=O)C1CCN(c2nc(-c3cccc(Cl)c3)c3c(N)n(-c4cccc(F)c4)nc3n2)CC1. The summed E-state index contributed by atoms with van der Waals surface area (Å²) in [5, 5.41) is 5.71. The van der Waals surface area contributed by atoms with Gasteiger partial charge in [0.1, 0.15) is 11.6 Å². The van der Waals surface area contributed by atoms with Gasteiger partial charge >= 0.3 is 5.97 Å². The van der Waals surface area contributed by atoms with E-state index in [2.05, 4.69) is 5.10 Å². The van der Waals surface area contributed by atoms with Crippen molar-refractivity contribution in [2.75, 3.05) is 30.3 Å². The van der Waals surface area contributed by atoms with Crippen LogP contribution in [-0.2, 0) is 9.53 Å². The van der Waals surface area contributed by atoms with Crippen molar-refractivity contribution in [1.82, 2.24) is 19.7 Å². The third kappa shape index (κ3) is 4.51. The Labute approximate surface area is 206 Å². The molecule has 3 heterocycles. The maximum atomic E-state index is 13.9. The lowest BCUT2D eigenvalue weighted by Gasteiger charge is -2.31. The number of ether oxygens (including phenoxy) is 1. The standard InChI is InChI=1S/C25H24ClFN6O2/c1-2-35-24(34)15-9-11-32(12-10-15)25-29-21(16-5-3-6-17(26)13-16)20-22(28)33(31-23(20)30-25)19-8-4-7-18(27)14-19/h3-8,13-15H,2,9-12,28H2,1H3. The number of carbonyl (C=O) groups is 1. The molecule has 8 nitrogen and oxygen atoms in total. The van der Waals surface area contributed by atoms with Crippen molar-refractivity contribution in [3.63, 3.8) is 0 Å². The summed E-state index contributed by atoms with van der Waals surface area (Å²) in [6, 6.07) is 13.3. The molecule has 10 heteroatoms. The Morgan fingerprint density at radius 1 is 1.17 bits per heavy atom. The molecule has 0 atom stereocenters. The molecule has 0 spiro atoms. The number of benzene rings is 2. The summed E-state index contributed by atoms with van der Waals surface area (Å²) in [5.41, 5.74) is 8.72. The predicted octanol–water partition coefficient (Wildman–Crippen LogP) is 4.64. The third-order valence-corrected chi connectivity index (χ3v) is 6.34. The molecule has 2 aromatic carbocycles. The first-order valence-electron chi connectivity index (χ1n) is 11.4. The van der Waals surface area contributed by atoms with Crippen LogP contribution < -0.4 is 10.6 Å². The van der Waals surface area contributed by atoms with Crippen molar-refractivity contribution in [1.29, 1.82) is 0 Å². The monoisotopic (exact) mass is 494 g/mol. The van der Waals surface area contributed by atoms with Gasteiger partial charge in [-0.05, 0) is 50.1 Å². The van der Waals surface area contributed by atoms with Crippen LogP contribution in [-0.4, -0.2) is 45.4 Å². The number of halogens is 2. The predicted molar refractivity (Wildman–Crippen MR) is 133 cm³/mol. The highest BCUT2D eigenvalue weighted by molar-refractivity contribution is 6.30. The summed E-state index contributed by atoms with van der Waals surface area (Å²) >= 11 is 6.27. The summed E-state index contributed by atoms with van der Waals surface area (Å²) < 4.78 is 20.6. The molecule has 2 aromatic heterocycles. The quantitative estimate of drug-likeness (QED) is 0.403. The lowest BCUT2D eigenvalue weighted by atomic mass is 9.97. The Bertz CT molecular complexity index is 1400. The summed E-state index contributed by atoms with van der Waals surface area (Å²) in [5.74, 6) is 0.0921. The molecule has 0 amide bonds. The highest BCUT2D eigenvalue weighted by Crippen LogP contribution is 2.35. The fourth-order valence-corrected chi connectivity index (χ4v) is 4.56. The summed E-state index contributed by atoms with van der Waals surface area (Å²) in [4.78, 5) is 23.7. The normalized spacial score (nSPS) is 14.4. The van der Waals surface area contributed by atoms with E-state index in [4.69, 9.17) is 32.0 Å². The fraction of sp³-hybridized carbons (Fsp3) is 0.280. The van der Waals surface area contributed by atoms with Gasteiger partial charge in [-0.3, -0.25) is 4.79 Å². The van der Waals surface area contributed by atoms with Crippen molar-refractivity contribution < 1.29 is 13.9 Å². The lowest BCUT2D eigenvalue weighted by Crippen LogP contribution is -2.38. The second-order valence-corrected chi connectivity index (χ2v) is 8.81. The fourth-order valence-electron chi connectivity index (χ4n) is 4.37. The molecule has 2 N–H and O–H groups in total. The van der Waals surface area contributed by atoms with E-state index in [9.17, 15) is 9.18 Å². The highest BCUT2D eigenvalue weighted by atomic mass is 35.5. The first-order chi connectivity index (χ1) is 16.9. The first kappa shape index (κ1) is 23.0. The maximum Gasteiger partial charge on any atom is 0.309 e. The van der Waals surface area contributed by atoms with Crippen LogP contribution in [0.25, 0.3) is 28.0 Å². The van der Waals surface area contributed by atoms with Crippen molar-refractivity contribution in [2.45, 2.75) is 19.8 Å². The molecule has 1 aliphatic heterocycles. The van der Waals surface area contributed by atoms with Crippen LogP contribution in [0.5, 0.6) is 0 Å². The van der Waals surface area contributed by atoms with E-state index in [1.165, 1.54) is 16.8 Å². The van der Waals surface area contributed by atoms with Crippen LogP contribution >= 0.6 is 11.6 Å². The number of nitrogens with zero attached hydrogens (tertiary/aromatic N) is 5. The summed E-state index contributed by atoms with van der Waals surface area (Å²) in [6.45, 7) is 3.38. The highest BCUT2D eigenvalue weighted by Gasteiger charge is 2.28. The lowest BCUT2D eigenvalue weighted by molar-refractivity contribution is -0.148. The molecule has 0 radical (unpaired) electrons. The minimum Gasteiger partial charge on any atom is -0.466 e. The van der Waals surface area contributed by atoms with Gasteiger partial charge in [0.2, 0.25) is 5.95 Å². The minimum absolute atomic E-state index is 0.134. The molecule has 1 fully saturated rings. The van der Waals surface area contributed by atoms with Crippen molar-refractivity contribution in [3.05, 3.63) is 59.4 Å². The van der Waals surface area contributed by atoms with Crippen LogP contribution in [0.4, 0.5) is 16.2 Å². The smallest absolute Gasteiger partial charge is 0.309 e. The van der Waals surface area contributed by atoms with E-state index in [1.807, 2.05) is 24.0 Å². The van der Waals surface area contributed by atoms with Crippen LogP contribution in [0.3, 0.4) is 0 Å². The van der Waals surface area contributed by atoms with Crippen molar-refractivity contribution in [3.8, 4) is 16.9 Å². The molecule has 0 unspecified atom stereocenters. The number of rotatable bonds is 5. The second kappa shape index (κ2) is 9.50. The van der Waals surface area contributed by atoms with Gasteiger partial charge in [0, 0.05) is 23.7 Å². The summed E-state index contributed by atoms with van der Waals surface area (Å²) in [6.07, 6.45) is 1.29. The number of anilines is 2. The molecule has 4 aromatic rings. The van der Waals surface area contributed by atoms with Gasteiger partial charge < -0.3 is 15.4 Å². The third-order valence-electron chi connectivity index (χ3n) is 6.11. The van der Waals surface area contributed by atoms with Gasteiger partial charge in [-0.2, -0.15) is 4.98 Å². The first-order valence-corrected chi connectivity index (χ1v) is 11.8. The average molecular weight is 495 g/mol. The van der Waals surface area contributed by atoms with Gasteiger partial charge in [-0.15, -0.1) is 5.10 Å². The Morgan fingerprint density at radius 2 is 1.94 bits per heavy atom. The van der Waals surface area contributed by atoms with Crippen LogP contribution in [0, 0.1) is 11.7 Å². The van der Waals surface area contributed by atoms with Gasteiger partial charge in [0.05, 0.1) is 29.3 Å². The number of piperidine rings is 1. The minimum atomic E-state index is -0.396. The molecule has 1 saturated heterocycles. The van der Waals surface area contributed by atoms with Crippen molar-refractivity contribution in [2.24, 2.45) is 5.92 Å². The molecule has 0 aliphatic carbocycles. The number of esters is 1. The molecule has 0 saturated carbocycles. The Morgan fingerprint density at radius 3 is 2.66 bits per heavy atom. The van der Waals surface area contributed by atoms with Gasteiger partial charge in [-0.1, -0.05) is 29.8 Å². The molecule has 0 bridgehead atoms. The molecule has 35 heavy (non-hydrogen) atoms. The van der Waals surface area contributed by atoms with E-state index < -0.39 is 5.82 Å². The van der Waals surface area contributed by atoms with E-state index in [0.29, 0.717) is 71.7 Å². The number of fused-ring (bicyclic) bond motifs is 1. The Balaban J connectivity index is 1.59. The molecule has 1 aliphatic rings. The van der Waals surface area contributed by atoms with Gasteiger partial charge in [0.25, 0.3) is 0 Å². The molecular weight excluding hydrogens is 471 g/mol. The zero-order chi connectivity index (χ0) is 24.5. The second-order valence-electron chi connectivity index (χ2n) is 8.37. The zero-order valence-corrected chi connectivity index (χ0v) is 19.9. The largest absolute Gasteiger partial charge is 0.466 e. The maximum absolute atomic E-state index is 13.9. The Hall–Kier alpha value is -3.72. The van der Waals surface area contributed by atoms with E-state index in [1.54, 1.807) is 24.3 Å². The molecular formula is C25H24ClFN6O2. The number of carbonyl (C=O) groups excluding carboxylic acids is 1. The van der Waals surface area contributed by atoms with E-state index >= 15 is 0 Å². The number of nitrogens with two attached hydrogens (primary N) is 1. The zero-order valence-electron chi connectivity index (χ0n) is 19.1. The molecule has 180 valence electrons. The number of hydrogen-bond acceptors (Lipinski definition) is 7. The van der Waals surface area contributed by atoms with Gasteiger partial charge in [0.15, 0.2) is 5.65 Å². The van der Waals surface area contributed by atoms with Crippen molar-refractivity contribution >= 4 is 40.4 Å². The topological polar surface area (TPSA) is 99.2 Å². The average Bonchev–Trinajstić information content (AvgIpc) is 3.20. The number of nitrogen functional groups attached to an aromatic ring is 1. The van der Waals surface area contributed by atoms with Crippen LogP contribution in [0.2, 0.25) is 5.02 Å². The van der Waals surface area contributed by atoms with Crippen LogP contribution in [0.15, 0.2) is 48.5 Å². The Kier molecular flexibility index (Phi) is 6.25. The summed E-state index contributed by atoms with van der Waals surface area (Å²) in [7, 11) is 0. The number of aromatic nitrogens is 4. The van der Waals surface area contributed by atoms with Gasteiger partial charge in [-0.25, -0.2) is 14.1 Å².